The van der Waals surface area contributed by atoms with Gasteiger partial charge in [0.15, 0.2) is 5.16 Å². The summed E-state index contributed by atoms with van der Waals surface area (Å²) in [5, 5.41) is 11.9. The van der Waals surface area contributed by atoms with E-state index >= 15 is 0 Å². The summed E-state index contributed by atoms with van der Waals surface area (Å²) in [6.45, 7) is 4.71. The molecule has 8 nitrogen and oxygen atoms in total. The van der Waals surface area contributed by atoms with Gasteiger partial charge < -0.3 is 19.9 Å². The largest absolute Gasteiger partial charge is 0.325 e. The molecular weight excluding hydrogens is 352 g/mol. The van der Waals surface area contributed by atoms with Gasteiger partial charge in [-0.3, -0.25) is 4.79 Å². The van der Waals surface area contributed by atoms with E-state index in [0.29, 0.717) is 22.6 Å². The van der Waals surface area contributed by atoms with Crippen LogP contribution in [-0.2, 0) is 11.3 Å². The number of aromatic amines is 2. The molecule has 3 N–H and O–H groups in total. The molecule has 0 unspecified atom stereocenters. The number of H-pyrrole nitrogens is 2. The number of benzene rings is 1. The molecule has 0 radical (unpaired) electrons. The van der Waals surface area contributed by atoms with Gasteiger partial charge in [-0.1, -0.05) is 11.8 Å². The SMILES string of the molecule is CCn1c(S[C@H](C)C(=O)Nc2ccc3[nH]c(=O)[nH]c3c2)nnc1C1CC1. The third kappa shape index (κ3) is 3.26. The first kappa shape index (κ1) is 16.9. The van der Waals surface area contributed by atoms with Crippen molar-refractivity contribution in [2.75, 3.05) is 5.32 Å². The molecule has 3 aromatic rings. The Bertz CT molecular complexity index is 1020. The topological polar surface area (TPSA) is 108 Å². The molecule has 1 aliphatic rings. The van der Waals surface area contributed by atoms with Crippen LogP contribution in [0.15, 0.2) is 28.2 Å². The number of anilines is 1. The molecule has 1 amide bonds. The molecule has 2 heterocycles. The summed E-state index contributed by atoms with van der Waals surface area (Å²) in [5.41, 5.74) is 1.74. The van der Waals surface area contributed by atoms with E-state index in [0.717, 1.165) is 17.5 Å². The van der Waals surface area contributed by atoms with Crippen molar-refractivity contribution < 1.29 is 4.79 Å². The van der Waals surface area contributed by atoms with Crippen molar-refractivity contribution in [2.24, 2.45) is 0 Å². The summed E-state index contributed by atoms with van der Waals surface area (Å²) in [4.78, 5) is 29.2. The maximum Gasteiger partial charge on any atom is 0.323 e. The molecule has 1 atom stereocenters. The lowest BCUT2D eigenvalue weighted by molar-refractivity contribution is -0.115. The number of hydrogen-bond acceptors (Lipinski definition) is 5. The zero-order chi connectivity index (χ0) is 18.3. The van der Waals surface area contributed by atoms with Gasteiger partial charge in [0, 0.05) is 18.2 Å². The van der Waals surface area contributed by atoms with Crippen LogP contribution in [-0.4, -0.2) is 35.9 Å². The molecule has 4 rings (SSSR count). The van der Waals surface area contributed by atoms with Gasteiger partial charge in [0.25, 0.3) is 0 Å². The number of fused-ring (bicyclic) bond motifs is 1. The summed E-state index contributed by atoms with van der Waals surface area (Å²) in [6.07, 6.45) is 2.34. The second kappa shape index (κ2) is 6.64. The maximum atomic E-state index is 12.5. The molecule has 0 spiro atoms. The number of rotatable bonds is 6. The molecule has 9 heteroatoms. The van der Waals surface area contributed by atoms with Crippen molar-refractivity contribution in [1.82, 2.24) is 24.7 Å². The van der Waals surface area contributed by atoms with Crippen molar-refractivity contribution in [2.45, 2.75) is 49.6 Å². The Balaban J connectivity index is 1.46. The highest BCUT2D eigenvalue weighted by Crippen LogP contribution is 2.40. The number of nitrogens with zero attached hydrogens (tertiary/aromatic N) is 3. The van der Waals surface area contributed by atoms with Crippen molar-refractivity contribution in [3.8, 4) is 0 Å². The van der Waals surface area contributed by atoms with Gasteiger partial charge in [-0.15, -0.1) is 10.2 Å². The van der Waals surface area contributed by atoms with Crippen LogP contribution in [0.2, 0.25) is 0 Å². The molecule has 2 aromatic heterocycles. The number of carbonyl (C=O) groups is 1. The average Bonchev–Trinajstić information content (AvgIpc) is 3.27. The average molecular weight is 372 g/mol. The third-order valence-electron chi connectivity index (χ3n) is 4.44. The summed E-state index contributed by atoms with van der Waals surface area (Å²) < 4.78 is 2.10. The Kier molecular flexibility index (Phi) is 4.31. The minimum Gasteiger partial charge on any atom is -0.325 e. The standard InChI is InChI=1S/C17H20N6O2S/c1-3-23-14(10-4-5-10)21-22-17(23)26-9(2)15(24)18-11-6-7-12-13(8-11)20-16(25)19-12/h6-10H,3-5H2,1-2H3,(H,18,24)(H2,19,20,25)/t9-/m1/s1. The first-order chi connectivity index (χ1) is 12.5. The normalized spacial score (nSPS) is 15.3. The number of aromatic nitrogens is 5. The first-order valence-corrected chi connectivity index (χ1v) is 9.55. The molecule has 0 aliphatic heterocycles. The lowest BCUT2D eigenvalue weighted by atomic mass is 10.2. The number of imidazole rings is 1. The van der Waals surface area contributed by atoms with E-state index < -0.39 is 0 Å². The van der Waals surface area contributed by atoms with Crippen molar-refractivity contribution >= 4 is 34.4 Å². The van der Waals surface area contributed by atoms with E-state index in [2.05, 4.69) is 37.0 Å². The van der Waals surface area contributed by atoms with Crippen LogP contribution >= 0.6 is 11.8 Å². The van der Waals surface area contributed by atoms with E-state index in [1.807, 2.05) is 6.92 Å². The number of nitrogens with one attached hydrogen (secondary N) is 3. The number of carbonyl (C=O) groups excluding carboxylic acids is 1. The van der Waals surface area contributed by atoms with Crippen LogP contribution in [0.3, 0.4) is 0 Å². The van der Waals surface area contributed by atoms with Gasteiger partial charge in [0.05, 0.1) is 16.3 Å². The fourth-order valence-electron chi connectivity index (χ4n) is 2.89. The fraction of sp³-hybridized carbons (Fsp3) is 0.412. The predicted octanol–water partition coefficient (Wildman–Crippen LogP) is 2.46. The number of amides is 1. The summed E-state index contributed by atoms with van der Waals surface area (Å²) in [7, 11) is 0. The molecule has 1 fully saturated rings. The second-order valence-electron chi connectivity index (χ2n) is 6.45. The zero-order valence-corrected chi connectivity index (χ0v) is 15.4. The Morgan fingerprint density at radius 2 is 2.12 bits per heavy atom. The highest BCUT2D eigenvalue weighted by molar-refractivity contribution is 8.00. The molecule has 26 heavy (non-hydrogen) atoms. The Labute approximate surface area is 153 Å². The number of hydrogen-bond donors (Lipinski definition) is 3. The van der Waals surface area contributed by atoms with Gasteiger partial charge in [-0.25, -0.2) is 4.79 Å². The summed E-state index contributed by atoms with van der Waals surface area (Å²) in [6, 6.07) is 5.26. The highest BCUT2D eigenvalue weighted by atomic mass is 32.2. The van der Waals surface area contributed by atoms with Crippen molar-refractivity contribution in [3.05, 3.63) is 34.5 Å². The van der Waals surface area contributed by atoms with Gasteiger partial charge in [0.2, 0.25) is 5.91 Å². The van der Waals surface area contributed by atoms with E-state index in [-0.39, 0.29) is 16.8 Å². The van der Waals surface area contributed by atoms with Crippen LogP contribution in [0.5, 0.6) is 0 Å². The third-order valence-corrected chi connectivity index (χ3v) is 5.52. The van der Waals surface area contributed by atoms with E-state index in [4.69, 9.17) is 0 Å². The molecule has 0 saturated heterocycles. The van der Waals surface area contributed by atoms with Crippen LogP contribution < -0.4 is 11.0 Å². The smallest absolute Gasteiger partial charge is 0.323 e. The molecule has 1 aromatic carbocycles. The van der Waals surface area contributed by atoms with E-state index in [1.54, 1.807) is 18.2 Å². The molecule has 1 saturated carbocycles. The van der Waals surface area contributed by atoms with Gasteiger partial charge in [0.1, 0.15) is 5.82 Å². The summed E-state index contributed by atoms with van der Waals surface area (Å²) >= 11 is 1.41. The van der Waals surface area contributed by atoms with Crippen LogP contribution in [0.4, 0.5) is 5.69 Å². The quantitative estimate of drug-likeness (QED) is 0.576. The molecule has 1 aliphatic carbocycles. The minimum atomic E-state index is -0.322. The van der Waals surface area contributed by atoms with Crippen molar-refractivity contribution in [1.29, 1.82) is 0 Å². The Morgan fingerprint density at radius 3 is 2.85 bits per heavy atom. The van der Waals surface area contributed by atoms with Crippen LogP contribution in [0, 0.1) is 0 Å². The summed E-state index contributed by atoms with van der Waals surface area (Å²) in [5.74, 6) is 1.44. The van der Waals surface area contributed by atoms with E-state index in [9.17, 15) is 9.59 Å². The lowest BCUT2D eigenvalue weighted by Gasteiger charge is -2.12. The van der Waals surface area contributed by atoms with Gasteiger partial charge in [-0.2, -0.15) is 0 Å². The Morgan fingerprint density at radius 1 is 1.35 bits per heavy atom. The molecular formula is C17H20N6O2S. The number of thioether (sulfide) groups is 1. The van der Waals surface area contributed by atoms with Gasteiger partial charge >= 0.3 is 5.69 Å². The molecule has 136 valence electrons. The molecule has 0 bridgehead atoms. The highest BCUT2D eigenvalue weighted by Gasteiger charge is 2.30. The first-order valence-electron chi connectivity index (χ1n) is 8.68. The maximum absolute atomic E-state index is 12.5. The van der Waals surface area contributed by atoms with E-state index in [1.165, 1.54) is 24.6 Å². The minimum absolute atomic E-state index is 0.120. The lowest BCUT2D eigenvalue weighted by Crippen LogP contribution is -2.23. The Hall–Kier alpha value is -2.55. The predicted molar refractivity (Wildman–Crippen MR) is 101 cm³/mol. The monoisotopic (exact) mass is 372 g/mol. The van der Waals surface area contributed by atoms with Crippen LogP contribution in [0.25, 0.3) is 11.0 Å². The van der Waals surface area contributed by atoms with Gasteiger partial charge in [-0.05, 0) is 44.9 Å². The second-order valence-corrected chi connectivity index (χ2v) is 7.76. The van der Waals surface area contributed by atoms with Crippen molar-refractivity contribution in [3.63, 3.8) is 0 Å². The fourth-order valence-corrected chi connectivity index (χ4v) is 3.81. The van der Waals surface area contributed by atoms with Crippen LogP contribution in [0.1, 0.15) is 38.4 Å². The zero-order valence-electron chi connectivity index (χ0n) is 14.6.